The fourth-order valence-electron chi connectivity index (χ4n) is 1.12. The van der Waals surface area contributed by atoms with Gasteiger partial charge in [0.2, 0.25) is 0 Å². The quantitative estimate of drug-likeness (QED) is 0.297. The van der Waals surface area contributed by atoms with E-state index in [1.165, 1.54) is 19.1 Å². The van der Waals surface area contributed by atoms with Crippen molar-refractivity contribution in [3.63, 3.8) is 0 Å². The number of oxime groups is 1. The van der Waals surface area contributed by atoms with Gasteiger partial charge in [-0.05, 0) is 12.5 Å². The summed E-state index contributed by atoms with van der Waals surface area (Å²) >= 11 is 0. The molecule has 0 aromatic rings. The third-order valence-corrected chi connectivity index (χ3v) is 1.79. The molecule has 0 saturated heterocycles. The standard InChI is InChI=1S/C11H14F3NO/c1-4-6-10(11(12,13)14)9(5-2)7-8-16-15-3/h4-6H,2-3,7-8H2,1H3/b6-4-,10-9-. The van der Waals surface area contributed by atoms with Crippen molar-refractivity contribution in [3.8, 4) is 0 Å². The van der Waals surface area contributed by atoms with Crippen molar-refractivity contribution in [2.24, 2.45) is 5.16 Å². The van der Waals surface area contributed by atoms with Crippen molar-refractivity contribution in [2.75, 3.05) is 6.61 Å². The predicted molar refractivity (Wildman–Crippen MR) is 58.2 cm³/mol. The monoisotopic (exact) mass is 233 g/mol. The number of allylic oxidation sites excluding steroid dienone is 4. The average molecular weight is 233 g/mol. The molecule has 0 radical (unpaired) electrons. The van der Waals surface area contributed by atoms with Crippen molar-refractivity contribution in [2.45, 2.75) is 19.5 Å². The Hall–Kier alpha value is -1.52. The topological polar surface area (TPSA) is 21.6 Å². The van der Waals surface area contributed by atoms with Gasteiger partial charge in [-0.25, -0.2) is 0 Å². The van der Waals surface area contributed by atoms with E-state index >= 15 is 0 Å². The minimum atomic E-state index is -4.39. The molecule has 0 heterocycles. The number of alkyl halides is 3. The van der Waals surface area contributed by atoms with Crippen LogP contribution in [0.15, 0.2) is 41.1 Å². The summed E-state index contributed by atoms with van der Waals surface area (Å²) in [6.07, 6.45) is -0.786. The number of hydrogen-bond acceptors (Lipinski definition) is 2. The maximum atomic E-state index is 12.6. The SMILES string of the molecule is C=C/C(CCON=C)=C(\C=C/C)C(F)(F)F. The van der Waals surface area contributed by atoms with E-state index < -0.39 is 11.7 Å². The van der Waals surface area contributed by atoms with Crippen LogP contribution in [0.4, 0.5) is 13.2 Å². The maximum absolute atomic E-state index is 12.6. The largest absolute Gasteiger partial charge is 0.416 e. The van der Waals surface area contributed by atoms with Crippen LogP contribution < -0.4 is 0 Å². The van der Waals surface area contributed by atoms with Gasteiger partial charge in [0.1, 0.15) is 6.61 Å². The molecule has 0 rings (SSSR count). The first kappa shape index (κ1) is 14.5. The van der Waals surface area contributed by atoms with Gasteiger partial charge in [0.05, 0.1) is 5.57 Å². The van der Waals surface area contributed by atoms with Crippen LogP contribution in [0.5, 0.6) is 0 Å². The highest BCUT2D eigenvalue weighted by atomic mass is 19.4. The summed E-state index contributed by atoms with van der Waals surface area (Å²) in [5.74, 6) is 0. The van der Waals surface area contributed by atoms with Gasteiger partial charge in [-0.1, -0.05) is 24.8 Å². The van der Waals surface area contributed by atoms with Crippen LogP contribution >= 0.6 is 0 Å². The highest BCUT2D eigenvalue weighted by molar-refractivity contribution is 5.35. The highest BCUT2D eigenvalue weighted by Gasteiger charge is 2.33. The Bertz CT molecular complexity index is 303. The zero-order valence-electron chi connectivity index (χ0n) is 9.05. The zero-order valence-corrected chi connectivity index (χ0v) is 9.05. The van der Waals surface area contributed by atoms with Crippen LogP contribution in [0, 0.1) is 0 Å². The Labute approximate surface area is 92.8 Å². The van der Waals surface area contributed by atoms with E-state index in [2.05, 4.69) is 23.3 Å². The second kappa shape index (κ2) is 6.87. The fraction of sp³-hybridized carbons (Fsp3) is 0.364. The van der Waals surface area contributed by atoms with E-state index in [0.717, 1.165) is 6.08 Å². The molecular formula is C11H14F3NO. The van der Waals surface area contributed by atoms with Gasteiger partial charge in [0.25, 0.3) is 0 Å². The summed E-state index contributed by atoms with van der Waals surface area (Å²) < 4.78 is 37.9. The second-order valence-electron chi connectivity index (χ2n) is 2.85. The smallest absolute Gasteiger partial charge is 0.396 e. The maximum Gasteiger partial charge on any atom is 0.416 e. The molecule has 0 unspecified atom stereocenters. The number of nitrogens with zero attached hydrogens (tertiary/aromatic N) is 1. The molecule has 0 aliphatic carbocycles. The Morgan fingerprint density at radius 1 is 1.44 bits per heavy atom. The fourth-order valence-corrected chi connectivity index (χ4v) is 1.12. The molecule has 16 heavy (non-hydrogen) atoms. The first-order chi connectivity index (χ1) is 7.47. The van der Waals surface area contributed by atoms with E-state index in [-0.39, 0.29) is 18.6 Å². The summed E-state index contributed by atoms with van der Waals surface area (Å²) in [6.45, 7) is 7.99. The Balaban J connectivity index is 5.01. The molecule has 0 aliphatic heterocycles. The van der Waals surface area contributed by atoms with Crippen molar-refractivity contribution < 1.29 is 18.0 Å². The molecule has 0 spiro atoms. The van der Waals surface area contributed by atoms with E-state index in [0.29, 0.717) is 0 Å². The lowest BCUT2D eigenvalue weighted by Gasteiger charge is -2.12. The number of rotatable bonds is 6. The summed E-state index contributed by atoms with van der Waals surface area (Å²) in [6, 6.07) is 0. The Morgan fingerprint density at radius 2 is 2.06 bits per heavy atom. The molecular weight excluding hydrogens is 219 g/mol. The van der Waals surface area contributed by atoms with Gasteiger partial charge in [0.15, 0.2) is 0 Å². The molecule has 0 amide bonds. The molecule has 5 heteroatoms. The molecule has 0 aromatic heterocycles. The lowest BCUT2D eigenvalue weighted by Crippen LogP contribution is -2.13. The minimum absolute atomic E-state index is 0.0436. The molecule has 90 valence electrons. The van der Waals surface area contributed by atoms with Crippen LogP contribution in [0.3, 0.4) is 0 Å². The summed E-state index contributed by atoms with van der Waals surface area (Å²) in [7, 11) is 0. The van der Waals surface area contributed by atoms with Crippen LogP contribution in [0.25, 0.3) is 0 Å². The van der Waals surface area contributed by atoms with Gasteiger partial charge in [-0.15, -0.1) is 5.16 Å². The second-order valence-corrected chi connectivity index (χ2v) is 2.85. The van der Waals surface area contributed by atoms with Crippen LogP contribution in [0.1, 0.15) is 13.3 Å². The van der Waals surface area contributed by atoms with Gasteiger partial charge in [-0.3, -0.25) is 0 Å². The van der Waals surface area contributed by atoms with E-state index in [9.17, 15) is 13.2 Å². The predicted octanol–water partition coefficient (Wildman–Crippen LogP) is 3.63. The van der Waals surface area contributed by atoms with Crippen LogP contribution in [-0.2, 0) is 4.84 Å². The van der Waals surface area contributed by atoms with Crippen molar-refractivity contribution >= 4 is 6.72 Å². The van der Waals surface area contributed by atoms with Gasteiger partial charge in [-0.2, -0.15) is 13.2 Å². The van der Waals surface area contributed by atoms with Gasteiger partial charge < -0.3 is 4.84 Å². The van der Waals surface area contributed by atoms with Crippen molar-refractivity contribution in [1.29, 1.82) is 0 Å². The van der Waals surface area contributed by atoms with E-state index in [1.807, 2.05) is 0 Å². The van der Waals surface area contributed by atoms with Gasteiger partial charge >= 0.3 is 6.18 Å². The minimum Gasteiger partial charge on any atom is -0.396 e. The zero-order chi connectivity index (χ0) is 12.6. The van der Waals surface area contributed by atoms with Crippen LogP contribution in [-0.4, -0.2) is 19.5 Å². The molecule has 0 saturated carbocycles. The lowest BCUT2D eigenvalue weighted by atomic mass is 10.0. The molecule has 0 aliphatic rings. The lowest BCUT2D eigenvalue weighted by molar-refractivity contribution is -0.0890. The Morgan fingerprint density at radius 3 is 2.44 bits per heavy atom. The molecule has 0 N–H and O–H groups in total. The van der Waals surface area contributed by atoms with Crippen molar-refractivity contribution in [1.82, 2.24) is 0 Å². The third-order valence-electron chi connectivity index (χ3n) is 1.79. The first-order valence-corrected chi connectivity index (χ1v) is 4.60. The highest BCUT2D eigenvalue weighted by Crippen LogP contribution is 2.30. The molecule has 2 nitrogen and oxygen atoms in total. The molecule has 0 bridgehead atoms. The summed E-state index contributed by atoms with van der Waals surface area (Å²) in [5.41, 5.74) is -0.632. The average Bonchev–Trinajstić information content (AvgIpc) is 2.20. The van der Waals surface area contributed by atoms with Crippen LogP contribution in [0.2, 0.25) is 0 Å². The number of halogens is 3. The summed E-state index contributed by atoms with van der Waals surface area (Å²) in [5, 5.41) is 3.10. The van der Waals surface area contributed by atoms with Crippen molar-refractivity contribution in [3.05, 3.63) is 36.0 Å². The molecule has 0 atom stereocenters. The summed E-state index contributed by atoms with van der Waals surface area (Å²) in [4.78, 5) is 4.55. The third kappa shape index (κ3) is 4.82. The number of hydrogen-bond donors (Lipinski definition) is 0. The normalized spacial score (nSPS) is 13.5. The van der Waals surface area contributed by atoms with Gasteiger partial charge in [0, 0.05) is 13.1 Å². The van der Waals surface area contributed by atoms with E-state index in [1.54, 1.807) is 0 Å². The Kier molecular flexibility index (Phi) is 6.22. The molecule has 0 fully saturated rings. The van der Waals surface area contributed by atoms with E-state index in [4.69, 9.17) is 0 Å². The molecule has 0 aromatic carbocycles. The first-order valence-electron chi connectivity index (χ1n) is 4.60.